The smallest absolute Gasteiger partial charge is 0.330 e. The molecule has 0 saturated carbocycles. The van der Waals surface area contributed by atoms with Crippen molar-refractivity contribution in [2.24, 2.45) is 0 Å². The van der Waals surface area contributed by atoms with Gasteiger partial charge in [0.15, 0.2) is 6.10 Å². The van der Waals surface area contributed by atoms with Gasteiger partial charge in [-0.15, -0.1) is 0 Å². The number of hydrogen-bond acceptors (Lipinski definition) is 5. The number of H-pyrrole nitrogens is 1. The van der Waals surface area contributed by atoms with Crippen LogP contribution >= 0.6 is 0 Å². The quantitative estimate of drug-likeness (QED) is 0.700. The number of aliphatic hydroxyl groups is 1. The maximum atomic E-state index is 13.4. The number of benzene rings is 2. The molecule has 0 unspecified atom stereocenters. The molecule has 1 amide bonds. The van der Waals surface area contributed by atoms with E-state index in [1.165, 1.54) is 17.2 Å². The van der Waals surface area contributed by atoms with E-state index < -0.39 is 35.6 Å². The van der Waals surface area contributed by atoms with Crippen molar-refractivity contribution in [1.29, 1.82) is 0 Å². The molecule has 3 atom stereocenters. The minimum atomic E-state index is -1.17. The van der Waals surface area contributed by atoms with Crippen molar-refractivity contribution in [3.05, 3.63) is 93.8 Å². The van der Waals surface area contributed by atoms with Gasteiger partial charge in [0.1, 0.15) is 6.23 Å². The predicted molar refractivity (Wildman–Crippen MR) is 106 cm³/mol. The van der Waals surface area contributed by atoms with Crippen LogP contribution < -0.4 is 16.1 Å². The average molecular weight is 393 g/mol. The second-order valence-electron chi connectivity index (χ2n) is 6.68. The molecule has 1 aliphatic rings. The number of aromatic nitrogens is 2. The van der Waals surface area contributed by atoms with E-state index in [0.717, 1.165) is 4.57 Å². The lowest BCUT2D eigenvalue weighted by molar-refractivity contribution is -0.134. The van der Waals surface area contributed by atoms with E-state index in [-0.39, 0.29) is 6.42 Å². The first-order valence-corrected chi connectivity index (χ1v) is 9.13. The third-order valence-corrected chi connectivity index (χ3v) is 4.75. The first-order chi connectivity index (χ1) is 14.0. The normalized spacial score (nSPS) is 21.1. The third kappa shape index (κ3) is 3.75. The predicted octanol–water partition coefficient (Wildman–Crippen LogP) is 1.55. The van der Waals surface area contributed by atoms with Crippen molar-refractivity contribution in [3.63, 3.8) is 0 Å². The highest BCUT2D eigenvalue weighted by molar-refractivity contribution is 6.03. The van der Waals surface area contributed by atoms with Crippen molar-refractivity contribution in [3.8, 4) is 0 Å². The van der Waals surface area contributed by atoms with Crippen molar-refractivity contribution in [2.75, 3.05) is 4.90 Å². The number of rotatable bonds is 4. The molecule has 8 heteroatoms. The summed E-state index contributed by atoms with van der Waals surface area (Å²) in [7, 11) is 0. The zero-order valence-electron chi connectivity index (χ0n) is 15.3. The summed E-state index contributed by atoms with van der Waals surface area (Å²) in [4.78, 5) is 40.3. The van der Waals surface area contributed by atoms with Gasteiger partial charge < -0.3 is 9.84 Å². The summed E-state index contributed by atoms with van der Waals surface area (Å²) in [6.07, 6.45) is -1.81. The minimum Gasteiger partial charge on any atom is -0.390 e. The SMILES string of the molecule is O=C([C@H]1O[C@@H](n2ccc(=O)[nH]c2=O)C[C@@H]1O)N(c1ccccc1)c1ccccc1. The van der Waals surface area contributed by atoms with E-state index in [4.69, 9.17) is 4.74 Å². The van der Waals surface area contributed by atoms with E-state index >= 15 is 0 Å². The maximum absolute atomic E-state index is 13.4. The molecule has 2 aromatic carbocycles. The molecule has 29 heavy (non-hydrogen) atoms. The summed E-state index contributed by atoms with van der Waals surface area (Å²) in [5.74, 6) is -0.449. The van der Waals surface area contributed by atoms with E-state index in [2.05, 4.69) is 4.98 Å². The Bertz CT molecular complexity index is 1070. The lowest BCUT2D eigenvalue weighted by Gasteiger charge is -2.27. The van der Waals surface area contributed by atoms with Crippen molar-refractivity contribution in [2.45, 2.75) is 24.9 Å². The fraction of sp³-hybridized carbons (Fsp3) is 0.190. The number of nitrogens with one attached hydrogen (secondary N) is 1. The Labute approximate surface area is 165 Å². The van der Waals surface area contributed by atoms with Gasteiger partial charge in [0, 0.05) is 30.1 Å². The second-order valence-corrected chi connectivity index (χ2v) is 6.68. The molecule has 8 nitrogen and oxygen atoms in total. The summed E-state index contributed by atoms with van der Waals surface area (Å²) < 4.78 is 6.93. The van der Waals surface area contributed by atoms with Crippen molar-refractivity contribution >= 4 is 17.3 Å². The summed E-state index contributed by atoms with van der Waals surface area (Å²) in [6, 6.07) is 19.3. The summed E-state index contributed by atoms with van der Waals surface area (Å²) in [5.41, 5.74) is 0.0656. The molecule has 0 spiro atoms. The molecule has 148 valence electrons. The van der Waals surface area contributed by atoms with Crippen LogP contribution in [0.2, 0.25) is 0 Å². The number of amides is 1. The molecule has 0 radical (unpaired) electrons. The van der Waals surface area contributed by atoms with Crippen LogP contribution in [-0.4, -0.2) is 32.8 Å². The Balaban J connectivity index is 1.66. The molecule has 4 rings (SSSR count). The molecule has 1 fully saturated rings. The second kappa shape index (κ2) is 7.86. The Morgan fingerprint density at radius 3 is 2.14 bits per heavy atom. The maximum Gasteiger partial charge on any atom is 0.330 e. The van der Waals surface area contributed by atoms with E-state index in [1.807, 2.05) is 36.4 Å². The lowest BCUT2D eigenvalue weighted by atomic mass is 10.1. The highest BCUT2D eigenvalue weighted by atomic mass is 16.5. The molecule has 2 N–H and O–H groups in total. The summed E-state index contributed by atoms with van der Waals surface area (Å²) in [5, 5.41) is 10.5. The Morgan fingerprint density at radius 2 is 1.59 bits per heavy atom. The van der Waals surface area contributed by atoms with Crippen molar-refractivity contribution in [1.82, 2.24) is 9.55 Å². The Hall–Kier alpha value is -3.49. The van der Waals surface area contributed by atoms with E-state index in [9.17, 15) is 19.5 Å². The Morgan fingerprint density at radius 1 is 1.00 bits per heavy atom. The monoisotopic (exact) mass is 393 g/mol. The van der Waals surface area contributed by atoms with Gasteiger partial charge in [-0.25, -0.2) is 4.79 Å². The van der Waals surface area contributed by atoms with Gasteiger partial charge in [0.25, 0.3) is 11.5 Å². The van der Waals surface area contributed by atoms with Crippen LogP contribution in [-0.2, 0) is 9.53 Å². The van der Waals surface area contributed by atoms with Crippen LogP contribution in [0.4, 0.5) is 11.4 Å². The van der Waals surface area contributed by atoms with Gasteiger partial charge in [-0.2, -0.15) is 0 Å². The molecule has 2 heterocycles. The first kappa shape index (κ1) is 18.9. The standard InChI is InChI=1S/C21H19N3O5/c25-16-13-18(23-12-11-17(26)22-21(23)28)29-19(16)20(27)24(14-7-3-1-4-8-14)15-9-5-2-6-10-15/h1-12,16,18-19,25H,13H2,(H,22,26,28)/t16-,18+,19-/m0/s1. The van der Waals surface area contributed by atoms with Crippen LogP contribution in [0.1, 0.15) is 12.6 Å². The minimum absolute atomic E-state index is 0.0414. The number of anilines is 2. The molecule has 0 aliphatic carbocycles. The number of carbonyl (C=O) groups excluding carboxylic acids is 1. The largest absolute Gasteiger partial charge is 0.390 e. The van der Waals surface area contributed by atoms with Crippen LogP contribution in [0.3, 0.4) is 0 Å². The van der Waals surface area contributed by atoms with Crippen LogP contribution in [0.5, 0.6) is 0 Å². The topological polar surface area (TPSA) is 105 Å². The molecular formula is C21H19N3O5. The van der Waals surface area contributed by atoms with Crippen LogP contribution in [0.25, 0.3) is 0 Å². The van der Waals surface area contributed by atoms with E-state index in [0.29, 0.717) is 11.4 Å². The summed E-state index contributed by atoms with van der Waals surface area (Å²) in [6.45, 7) is 0. The molecule has 1 aromatic heterocycles. The molecule has 3 aromatic rings. The average Bonchev–Trinajstić information content (AvgIpc) is 3.11. The Kier molecular flexibility index (Phi) is 5.11. The van der Waals surface area contributed by atoms with Gasteiger partial charge in [-0.3, -0.25) is 24.0 Å². The van der Waals surface area contributed by atoms with Gasteiger partial charge in [-0.05, 0) is 24.3 Å². The van der Waals surface area contributed by atoms with Gasteiger partial charge in [0.2, 0.25) is 0 Å². The number of ether oxygens (including phenoxy) is 1. The number of nitrogens with zero attached hydrogens (tertiary/aromatic N) is 2. The third-order valence-electron chi connectivity index (χ3n) is 4.75. The molecular weight excluding hydrogens is 374 g/mol. The molecule has 1 aliphatic heterocycles. The zero-order chi connectivity index (χ0) is 20.4. The number of carbonyl (C=O) groups is 1. The van der Waals surface area contributed by atoms with E-state index in [1.54, 1.807) is 24.3 Å². The number of para-hydroxylation sites is 2. The number of aliphatic hydroxyl groups excluding tert-OH is 1. The lowest BCUT2D eigenvalue weighted by Crippen LogP contribution is -2.41. The number of aromatic amines is 1. The van der Waals surface area contributed by atoms with Crippen molar-refractivity contribution < 1.29 is 14.6 Å². The zero-order valence-corrected chi connectivity index (χ0v) is 15.3. The van der Waals surface area contributed by atoms with Gasteiger partial charge in [-0.1, -0.05) is 36.4 Å². The molecule has 0 bridgehead atoms. The van der Waals surface area contributed by atoms with Gasteiger partial charge in [0.05, 0.1) is 6.10 Å². The number of hydrogen-bond donors (Lipinski definition) is 2. The highest BCUT2D eigenvalue weighted by Gasteiger charge is 2.42. The van der Waals surface area contributed by atoms with Crippen LogP contribution in [0, 0.1) is 0 Å². The van der Waals surface area contributed by atoms with Crippen LogP contribution in [0.15, 0.2) is 82.5 Å². The highest BCUT2D eigenvalue weighted by Crippen LogP contribution is 2.33. The first-order valence-electron chi connectivity index (χ1n) is 9.13. The fourth-order valence-electron chi connectivity index (χ4n) is 3.39. The summed E-state index contributed by atoms with van der Waals surface area (Å²) >= 11 is 0. The van der Waals surface area contributed by atoms with Gasteiger partial charge >= 0.3 is 5.69 Å². The molecule has 1 saturated heterocycles. The fourth-order valence-corrected chi connectivity index (χ4v) is 3.39.